The maximum absolute atomic E-state index is 9.39. The van der Waals surface area contributed by atoms with Gasteiger partial charge in [-0.1, -0.05) is 0 Å². The third-order valence-electron chi connectivity index (χ3n) is 0.161. The SMILES string of the molecule is O=[Si](O)O.[Ca+2].[H-].[H-].[O]=[Al][O]S(=O)(=O)O. The monoisotopic (exact) mass is 260 g/mol. The molecule has 0 aliphatic carbocycles. The fraction of sp³-hybridized carbons (Fsp3) is 0. The first-order valence-corrected chi connectivity index (χ1v) is 5.42. The molecule has 0 aromatic rings. The van der Waals surface area contributed by atoms with Crippen LogP contribution in [0.1, 0.15) is 2.85 Å². The van der Waals surface area contributed by atoms with Crippen molar-refractivity contribution in [2.45, 2.75) is 0 Å². The Morgan fingerprint density at radius 1 is 1.42 bits per heavy atom. The van der Waals surface area contributed by atoms with Gasteiger partial charge in [0.15, 0.2) is 0 Å². The molecule has 3 N–H and O–H groups in total. The molecule has 0 atom stereocenters. The maximum atomic E-state index is 9.39. The van der Waals surface area contributed by atoms with Gasteiger partial charge in [-0.3, -0.25) is 4.46 Å². The van der Waals surface area contributed by atoms with Crippen molar-refractivity contribution in [3.63, 3.8) is 0 Å². The van der Waals surface area contributed by atoms with E-state index in [1.165, 1.54) is 0 Å². The summed E-state index contributed by atoms with van der Waals surface area (Å²) in [6.45, 7) is 0. The standard InChI is InChI=1S/Al.Ca.H2O4S.H2O3Si.O.2H/c;;1-5(2,3)4;1-4(2)3;;;/h;;(H2,1,2,3,4);1-2H;;;/q+1;+2;;;;2*-1/p-1. The number of hydrogen-bond donors (Lipinski definition) is 3. The summed E-state index contributed by atoms with van der Waals surface area (Å²) in [4.78, 5) is 14.3. The van der Waals surface area contributed by atoms with E-state index in [0.717, 1.165) is 0 Å². The van der Waals surface area contributed by atoms with Crippen molar-refractivity contribution < 1.29 is 36.9 Å². The summed E-state index contributed by atoms with van der Waals surface area (Å²) < 4.78 is 47.7. The zero-order chi connectivity index (χ0) is 9.49. The molecule has 0 rings (SSSR count). The molecular formula is H5AlCaO8SSi. The average molecular weight is 260 g/mol. The van der Waals surface area contributed by atoms with Crippen LogP contribution in [0.2, 0.25) is 0 Å². The van der Waals surface area contributed by atoms with E-state index in [-0.39, 0.29) is 40.6 Å². The van der Waals surface area contributed by atoms with Gasteiger partial charge < -0.3 is 12.4 Å². The second-order valence-electron chi connectivity index (χ2n) is 0.903. The summed E-state index contributed by atoms with van der Waals surface area (Å²) >= 11 is -1.88. The van der Waals surface area contributed by atoms with Gasteiger partial charge in [-0.05, 0) is 0 Å². The molecule has 0 saturated heterocycles. The van der Waals surface area contributed by atoms with Crippen molar-refractivity contribution in [3.05, 3.63) is 0 Å². The zero-order valence-corrected chi connectivity index (χ0v) is 10.8. The van der Waals surface area contributed by atoms with Gasteiger partial charge >= 0.3 is 92.8 Å². The number of rotatable bonds is 2. The molecule has 0 radical (unpaired) electrons. The van der Waals surface area contributed by atoms with Crippen LogP contribution in [0.5, 0.6) is 0 Å². The van der Waals surface area contributed by atoms with Crippen LogP contribution in [-0.4, -0.2) is 85.0 Å². The fourth-order valence-electron chi connectivity index (χ4n) is 0.0496. The van der Waals surface area contributed by atoms with E-state index >= 15 is 0 Å². The Balaban J connectivity index is -0.0000000347. The second-order valence-corrected chi connectivity index (χ2v) is 3.29. The summed E-state index contributed by atoms with van der Waals surface area (Å²) in [6, 6.07) is 0. The summed E-state index contributed by atoms with van der Waals surface area (Å²) in [6.07, 6.45) is 0. The van der Waals surface area contributed by atoms with E-state index in [9.17, 15) is 12.2 Å². The van der Waals surface area contributed by atoms with Crippen LogP contribution >= 0.6 is 0 Å². The number of hydrogen-bond acceptors (Lipinski definition) is 5. The molecule has 12 heteroatoms. The molecule has 8 nitrogen and oxygen atoms in total. The molecule has 0 bridgehead atoms. The molecule has 0 aliphatic heterocycles. The Labute approximate surface area is 109 Å². The van der Waals surface area contributed by atoms with E-state index in [1.54, 1.807) is 0 Å². The van der Waals surface area contributed by atoms with E-state index < -0.39 is 35.1 Å². The molecule has 0 amide bonds. The molecule has 12 heavy (non-hydrogen) atoms. The van der Waals surface area contributed by atoms with Crippen molar-refractivity contribution in [2.24, 2.45) is 0 Å². The zero-order valence-electron chi connectivity index (χ0n) is 7.58. The van der Waals surface area contributed by atoms with Gasteiger partial charge in [0.2, 0.25) is 0 Å². The van der Waals surface area contributed by atoms with Crippen molar-refractivity contribution in [3.8, 4) is 0 Å². The second kappa shape index (κ2) is 10.0. The van der Waals surface area contributed by atoms with Gasteiger partial charge in [-0.2, -0.15) is 0 Å². The van der Waals surface area contributed by atoms with E-state index in [1.807, 2.05) is 0 Å². The topological polar surface area (TPSA) is 138 Å². The van der Waals surface area contributed by atoms with Crippen molar-refractivity contribution in [1.29, 1.82) is 0 Å². The van der Waals surface area contributed by atoms with Crippen molar-refractivity contribution in [2.75, 3.05) is 0 Å². The summed E-state index contributed by atoms with van der Waals surface area (Å²) in [5, 5.41) is 0. The fourth-order valence-corrected chi connectivity index (χ4v) is 0.447. The quantitative estimate of drug-likeness (QED) is 0.353. The Hall–Kier alpha value is 0.919. The first-order valence-electron chi connectivity index (χ1n) is 1.81. The molecule has 0 heterocycles. The Morgan fingerprint density at radius 3 is 1.67 bits per heavy atom. The van der Waals surface area contributed by atoms with Crippen LogP contribution in [-0.2, 0) is 21.9 Å². The molecular weight excluding hydrogens is 255 g/mol. The average Bonchev–Trinajstić information content (AvgIpc) is 1.58. The third kappa shape index (κ3) is 44.4. The van der Waals surface area contributed by atoms with Crippen molar-refractivity contribution >= 4 is 72.8 Å². The Morgan fingerprint density at radius 2 is 1.67 bits per heavy atom. The van der Waals surface area contributed by atoms with E-state index in [4.69, 9.17) is 18.6 Å². The van der Waals surface area contributed by atoms with Crippen LogP contribution in [0.25, 0.3) is 0 Å². The summed E-state index contributed by atoms with van der Waals surface area (Å²) in [5.41, 5.74) is 0. The molecule has 0 fully saturated rings. The minimum absolute atomic E-state index is 0. The van der Waals surface area contributed by atoms with Crippen LogP contribution in [0, 0.1) is 0 Å². The van der Waals surface area contributed by atoms with Gasteiger partial charge in [0, 0.05) is 0 Å². The van der Waals surface area contributed by atoms with Gasteiger partial charge in [-0.25, -0.2) is 0 Å². The van der Waals surface area contributed by atoms with E-state index in [2.05, 4.69) is 3.23 Å². The first-order chi connectivity index (χ1) is 4.79. The predicted molar refractivity (Wildman–Crippen MR) is 37.9 cm³/mol. The van der Waals surface area contributed by atoms with Crippen LogP contribution < -0.4 is 0 Å². The summed E-state index contributed by atoms with van der Waals surface area (Å²) in [7, 11) is -7.58. The van der Waals surface area contributed by atoms with Gasteiger partial charge in [0.25, 0.3) is 0 Å². The van der Waals surface area contributed by atoms with Crippen molar-refractivity contribution in [1.82, 2.24) is 0 Å². The molecule has 0 aromatic heterocycles. The van der Waals surface area contributed by atoms with E-state index in [0.29, 0.717) is 0 Å². The molecule has 0 aromatic carbocycles. The molecule has 68 valence electrons. The Kier molecular flexibility index (Phi) is 15.5. The van der Waals surface area contributed by atoms with Gasteiger partial charge in [-0.15, -0.1) is 0 Å². The van der Waals surface area contributed by atoms with Crippen LogP contribution in [0.4, 0.5) is 0 Å². The van der Waals surface area contributed by atoms with Crippen LogP contribution in [0.15, 0.2) is 0 Å². The molecule has 0 spiro atoms. The predicted octanol–water partition coefficient (Wildman–Crippen LogP) is -3.00. The van der Waals surface area contributed by atoms with Gasteiger partial charge in [0.05, 0.1) is 0 Å². The molecule has 0 unspecified atom stereocenters. The van der Waals surface area contributed by atoms with Gasteiger partial charge in [0.1, 0.15) is 0 Å². The van der Waals surface area contributed by atoms with Crippen LogP contribution in [0.3, 0.4) is 0 Å². The Bertz CT molecular complexity index is 223. The summed E-state index contributed by atoms with van der Waals surface area (Å²) in [5.74, 6) is 0. The molecule has 0 saturated carbocycles. The normalized spacial score (nSPS) is 7.75. The minimum atomic E-state index is -4.45. The molecule has 0 aliphatic rings. The first kappa shape index (κ1) is 18.7. The third-order valence-corrected chi connectivity index (χ3v) is 1.45.